The molecule has 0 spiro atoms. The molecule has 0 bridgehead atoms. The van der Waals surface area contributed by atoms with Gasteiger partial charge in [-0.15, -0.1) is 0 Å². The molecule has 2 rings (SSSR count). The van der Waals surface area contributed by atoms with Gasteiger partial charge in [0.1, 0.15) is 0 Å². The molecule has 2 aromatic rings. The molecule has 4 heteroatoms. The van der Waals surface area contributed by atoms with Crippen LogP contribution in [0.3, 0.4) is 0 Å². The standard InChI is InChI=1S/C15H16Cl2N2/c1-9-5-13(6-10(2)18-9)15(16,17)14-7-11(3)19-12(4)8-14/h5-8H,1-4H3. The lowest BCUT2D eigenvalue weighted by Crippen LogP contribution is -2.14. The predicted octanol–water partition coefficient (Wildman–Crippen LogP) is 4.39. The summed E-state index contributed by atoms with van der Waals surface area (Å²) in [5.41, 5.74) is 5.30. The Labute approximate surface area is 123 Å². The van der Waals surface area contributed by atoms with Crippen molar-refractivity contribution in [3.05, 3.63) is 58.2 Å². The minimum absolute atomic E-state index is 0.839. The van der Waals surface area contributed by atoms with E-state index >= 15 is 0 Å². The van der Waals surface area contributed by atoms with Crippen molar-refractivity contribution in [3.8, 4) is 0 Å². The van der Waals surface area contributed by atoms with Crippen molar-refractivity contribution >= 4 is 23.2 Å². The van der Waals surface area contributed by atoms with Gasteiger partial charge in [-0.3, -0.25) is 9.97 Å². The predicted molar refractivity (Wildman–Crippen MR) is 79.9 cm³/mol. The molecule has 0 amide bonds. The highest BCUT2D eigenvalue weighted by Crippen LogP contribution is 2.41. The van der Waals surface area contributed by atoms with Crippen molar-refractivity contribution in [1.29, 1.82) is 0 Å². The minimum atomic E-state index is -1.09. The van der Waals surface area contributed by atoms with Crippen LogP contribution in [0.15, 0.2) is 24.3 Å². The number of alkyl halides is 2. The molecule has 0 fully saturated rings. The number of halogens is 2. The van der Waals surface area contributed by atoms with Gasteiger partial charge in [-0.25, -0.2) is 0 Å². The molecule has 0 aliphatic heterocycles. The van der Waals surface area contributed by atoms with Crippen LogP contribution in [0.4, 0.5) is 0 Å². The summed E-state index contributed by atoms with van der Waals surface area (Å²) >= 11 is 13.2. The molecule has 0 radical (unpaired) electrons. The normalized spacial score (nSPS) is 11.7. The lowest BCUT2D eigenvalue weighted by molar-refractivity contribution is 0.971. The van der Waals surface area contributed by atoms with Gasteiger partial charge < -0.3 is 0 Å². The van der Waals surface area contributed by atoms with Gasteiger partial charge in [-0.1, -0.05) is 23.2 Å². The molecule has 0 saturated carbocycles. The summed E-state index contributed by atoms with van der Waals surface area (Å²) in [5, 5.41) is 0. The highest BCUT2D eigenvalue weighted by Gasteiger charge is 2.30. The first-order valence-electron chi connectivity index (χ1n) is 6.08. The van der Waals surface area contributed by atoms with Crippen molar-refractivity contribution in [2.45, 2.75) is 32.0 Å². The maximum atomic E-state index is 6.58. The van der Waals surface area contributed by atoms with Gasteiger partial charge in [-0.2, -0.15) is 0 Å². The second-order valence-electron chi connectivity index (χ2n) is 4.85. The molecule has 19 heavy (non-hydrogen) atoms. The monoisotopic (exact) mass is 294 g/mol. The van der Waals surface area contributed by atoms with E-state index in [0.29, 0.717) is 0 Å². The summed E-state index contributed by atoms with van der Waals surface area (Å²) in [7, 11) is 0. The fourth-order valence-electron chi connectivity index (χ4n) is 2.20. The number of hydrogen-bond acceptors (Lipinski definition) is 2. The lowest BCUT2D eigenvalue weighted by Gasteiger charge is -2.22. The zero-order valence-corrected chi connectivity index (χ0v) is 13.0. The highest BCUT2D eigenvalue weighted by atomic mass is 35.5. The number of rotatable bonds is 2. The van der Waals surface area contributed by atoms with Crippen LogP contribution in [0.5, 0.6) is 0 Å². The maximum absolute atomic E-state index is 6.58. The number of pyridine rings is 2. The van der Waals surface area contributed by atoms with E-state index in [4.69, 9.17) is 23.2 Å². The average molecular weight is 295 g/mol. The average Bonchev–Trinajstić information content (AvgIpc) is 2.26. The Hall–Kier alpha value is -1.12. The van der Waals surface area contributed by atoms with E-state index < -0.39 is 4.33 Å². The molecule has 2 heterocycles. The van der Waals surface area contributed by atoms with Gasteiger partial charge in [0.05, 0.1) is 0 Å². The number of aromatic nitrogens is 2. The number of nitrogens with zero attached hydrogens (tertiary/aromatic N) is 2. The molecule has 0 N–H and O–H groups in total. The molecule has 0 atom stereocenters. The fraction of sp³-hybridized carbons (Fsp3) is 0.333. The zero-order valence-electron chi connectivity index (χ0n) is 11.5. The molecule has 2 nitrogen and oxygen atoms in total. The van der Waals surface area contributed by atoms with Crippen LogP contribution < -0.4 is 0 Å². The van der Waals surface area contributed by atoms with Gasteiger partial charge in [0.15, 0.2) is 4.33 Å². The van der Waals surface area contributed by atoms with E-state index in [0.717, 1.165) is 33.9 Å². The molecule has 2 aromatic heterocycles. The van der Waals surface area contributed by atoms with E-state index in [9.17, 15) is 0 Å². The Bertz CT molecular complexity index is 528. The molecule has 0 aliphatic carbocycles. The van der Waals surface area contributed by atoms with E-state index in [1.54, 1.807) is 0 Å². The summed E-state index contributed by atoms with van der Waals surface area (Å²) in [4.78, 5) is 8.69. The SMILES string of the molecule is Cc1cc(C(Cl)(Cl)c2cc(C)nc(C)c2)cc(C)n1. The third kappa shape index (κ3) is 3.07. The van der Waals surface area contributed by atoms with Crippen LogP contribution in [-0.4, -0.2) is 9.97 Å². The van der Waals surface area contributed by atoms with Crippen LogP contribution in [0.25, 0.3) is 0 Å². The third-order valence-electron chi connectivity index (χ3n) is 2.89. The van der Waals surface area contributed by atoms with E-state index in [1.165, 1.54) is 0 Å². The summed E-state index contributed by atoms with van der Waals surface area (Å²) < 4.78 is -1.09. The van der Waals surface area contributed by atoms with E-state index in [1.807, 2.05) is 52.0 Å². The van der Waals surface area contributed by atoms with Crippen LogP contribution >= 0.6 is 23.2 Å². The van der Waals surface area contributed by atoms with E-state index in [-0.39, 0.29) is 0 Å². The minimum Gasteiger partial charge on any atom is -0.258 e. The zero-order chi connectivity index (χ0) is 14.2. The quantitative estimate of drug-likeness (QED) is 0.768. The van der Waals surface area contributed by atoms with E-state index in [2.05, 4.69) is 9.97 Å². The topological polar surface area (TPSA) is 25.8 Å². The fourth-order valence-corrected chi connectivity index (χ4v) is 2.63. The summed E-state index contributed by atoms with van der Waals surface area (Å²) in [6.07, 6.45) is 0. The smallest absolute Gasteiger partial charge is 0.168 e. The van der Waals surface area contributed by atoms with Gasteiger partial charge in [0.2, 0.25) is 0 Å². The Morgan fingerprint density at radius 3 is 1.21 bits per heavy atom. The molecule has 0 saturated heterocycles. The molecule has 0 aromatic carbocycles. The molecule has 0 unspecified atom stereocenters. The summed E-state index contributed by atoms with van der Waals surface area (Å²) in [6.45, 7) is 7.74. The van der Waals surface area contributed by atoms with Crippen molar-refractivity contribution in [2.24, 2.45) is 0 Å². The maximum Gasteiger partial charge on any atom is 0.168 e. The van der Waals surface area contributed by atoms with Gasteiger partial charge in [-0.05, 0) is 63.1 Å². The Morgan fingerprint density at radius 2 is 0.947 bits per heavy atom. The second-order valence-corrected chi connectivity index (χ2v) is 6.18. The van der Waals surface area contributed by atoms with Crippen molar-refractivity contribution < 1.29 is 0 Å². The lowest BCUT2D eigenvalue weighted by atomic mass is 10.0. The van der Waals surface area contributed by atoms with Crippen LogP contribution in [-0.2, 0) is 4.33 Å². The first-order valence-corrected chi connectivity index (χ1v) is 6.84. The Morgan fingerprint density at radius 1 is 0.684 bits per heavy atom. The summed E-state index contributed by atoms with van der Waals surface area (Å²) in [5.74, 6) is 0. The molecule has 0 aliphatic rings. The number of hydrogen-bond donors (Lipinski definition) is 0. The molecule has 100 valence electrons. The largest absolute Gasteiger partial charge is 0.258 e. The van der Waals surface area contributed by atoms with Crippen LogP contribution in [0, 0.1) is 27.7 Å². The Kier molecular flexibility index (Phi) is 3.84. The molecular formula is C15H16Cl2N2. The summed E-state index contributed by atoms with van der Waals surface area (Å²) in [6, 6.07) is 7.66. The van der Waals surface area contributed by atoms with Crippen molar-refractivity contribution in [2.75, 3.05) is 0 Å². The van der Waals surface area contributed by atoms with Gasteiger partial charge in [0, 0.05) is 22.8 Å². The van der Waals surface area contributed by atoms with Crippen LogP contribution in [0.2, 0.25) is 0 Å². The first-order chi connectivity index (χ1) is 8.79. The number of aryl methyl sites for hydroxylation is 4. The third-order valence-corrected chi connectivity index (χ3v) is 3.76. The molecular weight excluding hydrogens is 279 g/mol. The van der Waals surface area contributed by atoms with Crippen molar-refractivity contribution in [3.63, 3.8) is 0 Å². The highest BCUT2D eigenvalue weighted by molar-refractivity contribution is 6.50. The Balaban J connectivity index is 2.57. The van der Waals surface area contributed by atoms with Crippen molar-refractivity contribution in [1.82, 2.24) is 9.97 Å². The van der Waals surface area contributed by atoms with Gasteiger partial charge >= 0.3 is 0 Å². The first kappa shape index (κ1) is 14.3. The van der Waals surface area contributed by atoms with Gasteiger partial charge in [0.25, 0.3) is 0 Å². The second kappa shape index (κ2) is 5.10. The van der Waals surface area contributed by atoms with Crippen LogP contribution in [0.1, 0.15) is 33.9 Å².